The Labute approximate surface area is 193 Å². The van der Waals surface area contributed by atoms with Crippen molar-refractivity contribution in [3.63, 3.8) is 0 Å². The second kappa shape index (κ2) is 24.2. The topological polar surface area (TPSA) is 74.6 Å². The molecule has 2 N–H and O–H groups in total. The smallest absolute Gasteiger partial charge is 0.343 e. The minimum Gasteiger partial charge on any atom is -0.343 e. The molecule has 0 saturated carbocycles. The average Bonchev–Trinajstić information content (AvgIpc) is 2.46. The van der Waals surface area contributed by atoms with Crippen molar-refractivity contribution in [1.29, 1.82) is 0 Å². The molecule has 0 aliphatic carbocycles. The second-order valence-electron chi connectivity index (χ2n) is 5.89. The first-order valence-corrected chi connectivity index (χ1v) is 10.5. The van der Waals surface area contributed by atoms with E-state index in [4.69, 9.17) is 17.5 Å². The number of allylic oxidation sites excluding steroid dienone is 2. The SMILES string of the molecule is O=S(=O)(O)O.[CH2-]CCCCCCC/C=C\CCCCCCCC.[K+]. The molecule has 0 atom stereocenters. The molecule has 140 valence electrons. The molecule has 0 bridgehead atoms. The van der Waals surface area contributed by atoms with Crippen LogP contribution in [-0.4, -0.2) is 17.5 Å². The quantitative estimate of drug-likeness (QED) is 0.157. The van der Waals surface area contributed by atoms with E-state index in [0.29, 0.717) is 0 Å². The zero-order valence-electron chi connectivity index (χ0n) is 15.9. The standard InChI is InChI=1S/C18H35.K.H2O4S/c1-3-5-7-9-11-13-15-17-18-16-14-12-10-8-6-4-2;;1-5(2,3)4/h17-18H,1,3-16H2,2H3;;(H2,1,2,3,4)/q-1;+1;/b18-17-;;. The number of hydrogen-bond donors (Lipinski definition) is 2. The van der Waals surface area contributed by atoms with Crippen LogP contribution in [0.25, 0.3) is 0 Å². The van der Waals surface area contributed by atoms with Crippen LogP contribution < -0.4 is 51.4 Å². The molecule has 0 fully saturated rings. The maximum absolute atomic E-state index is 8.74. The first kappa shape index (κ1) is 30.0. The Morgan fingerprint density at radius 2 is 1.08 bits per heavy atom. The zero-order chi connectivity index (χ0) is 17.8. The largest absolute Gasteiger partial charge is 1.00 e. The fourth-order valence-electron chi connectivity index (χ4n) is 2.25. The first-order valence-electron chi connectivity index (χ1n) is 9.06. The van der Waals surface area contributed by atoms with Gasteiger partial charge in [0.25, 0.3) is 0 Å². The molecule has 0 amide bonds. The zero-order valence-corrected chi connectivity index (χ0v) is 19.8. The third kappa shape index (κ3) is 43.6. The van der Waals surface area contributed by atoms with E-state index in [2.05, 4.69) is 26.0 Å². The molecule has 0 saturated heterocycles. The fraction of sp³-hybridized carbons (Fsp3) is 0.833. The molecule has 0 aromatic carbocycles. The van der Waals surface area contributed by atoms with Crippen molar-refractivity contribution in [2.24, 2.45) is 0 Å². The van der Waals surface area contributed by atoms with Gasteiger partial charge in [-0.15, -0.1) is 0 Å². The maximum atomic E-state index is 8.74. The molecule has 0 aromatic heterocycles. The van der Waals surface area contributed by atoms with Gasteiger partial charge in [-0.3, -0.25) is 9.11 Å². The summed E-state index contributed by atoms with van der Waals surface area (Å²) < 4.78 is 31.6. The number of unbranched alkanes of at least 4 members (excludes halogenated alkanes) is 12. The van der Waals surface area contributed by atoms with Crippen LogP contribution >= 0.6 is 0 Å². The third-order valence-corrected chi connectivity index (χ3v) is 3.51. The minimum absolute atomic E-state index is 0. The third-order valence-electron chi connectivity index (χ3n) is 3.51. The van der Waals surface area contributed by atoms with E-state index in [-0.39, 0.29) is 51.4 Å². The van der Waals surface area contributed by atoms with Crippen LogP contribution in [0.1, 0.15) is 96.8 Å². The van der Waals surface area contributed by atoms with Crippen molar-refractivity contribution in [3.05, 3.63) is 19.1 Å². The van der Waals surface area contributed by atoms with E-state index in [1.807, 2.05) is 0 Å². The Morgan fingerprint density at radius 1 is 0.750 bits per heavy atom. The summed E-state index contributed by atoms with van der Waals surface area (Å²) in [6.07, 6.45) is 23.8. The molecule has 6 heteroatoms. The van der Waals surface area contributed by atoms with E-state index >= 15 is 0 Å². The molecule has 0 heterocycles. The monoisotopic (exact) mass is 388 g/mol. The fourth-order valence-corrected chi connectivity index (χ4v) is 2.25. The number of rotatable bonds is 14. The molecule has 0 rings (SSSR count). The van der Waals surface area contributed by atoms with Gasteiger partial charge in [0.05, 0.1) is 0 Å². The molecule has 0 spiro atoms. The Bertz CT molecular complexity index is 317. The van der Waals surface area contributed by atoms with Gasteiger partial charge in [-0.05, 0) is 25.7 Å². The van der Waals surface area contributed by atoms with Gasteiger partial charge in [-0.2, -0.15) is 14.8 Å². The van der Waals surface area contributed by atoms with Crippen molar-refractivity contribution in [3.8, 4) is 0 Å². The van der Waals surface area contributed by atoms with Gasteiger partial charge < -0.3 is 6.92 Å². The van der Waals surface area contributed by atoms with E-state index in [9.17, 15) is 0 Å². The van der Waals surface area contributed by atoms with Crippen molar-refractivity contribution < 1.29 is 68.9 Å². The molecular formula is C18H37KO4S. The summed E-state index contributed by atoms with van der Waals surface area (Å²) in [6, 6.07) is 0. The van der Waals surface area contributed by atoms with Gasteiger partial charge in [0.2, 0.25) is 0 Å². The molecule has 0 aliphatic heterocycles. The minimum atomic E-state index is -4.67. The summed E-state index contributed by atoms with van der Waals surface area (Å²) >= 11 is 0. The summed E-state index contributed by atoms with van der Waals surface area (Å²) in [4.78, 5) is 0. The van der Waals surface area contributed by atoms with Crippen molar-refractivity contribution in [2.75, 3.05) is 0 Å². The van der Waals surface area contributed by atoms with Crippen LogP contribution in [0.2, 0.25) is 0 Å². The van der Waals surface area contributed by atoms with Crippen LogP contribution in [0, 0.1) is 6.92 Å². The van der Waals surface area contributed by atoms with Crippen molar-refractivity contribution in [1.82, 2.24) is 0 Å². The van der Waals surface area contributed by atoms with E-state index in [1.54, 1.807) is 0 Å². The summed E-state index contributed by atoms with van der Waals surface area (Å²) in [5.41, 5.74) is 0. The van der Waals surface area contributed by atoms with Crippen LogP contribution in [0.15, 0.2) is 12.2 Å². The maximum Gasteiger partial charge on any atom is 1.00 e. The van der Waals surface area contributed by atoms with E-state index in [0.717, 1.165) is 6.42 Å². The molecule has 24 heavy (non-hydrogen) atoms. The molecule has 0 unspecified atom stereocenters. The van der Waals surface area contributed by atoms with Crippen LogP contribution in [0.5, 0.6) is 0 Å². The summed E-state index contributed by atoms with van der Waals surface area (Å²) in [7, 11) is -4.67. The predicted octanol–water partition coefficient (Wildman–Crippen LogP) is 3.21. The first-order chi connectivity index (χ1) is 10.9. The molecule has 0 radical (unpaired) electrons. The number of hydrogen-bond acceptors (Lipinski definition) is 2. The summed E-state index contributed by atoms with van der Waals surface area (Å²) in [6.45, 7) is 6.15. The summed E-state index contributed by atoms with van der Waals surface area (Å²) in [5, 5.41) is 0. The Kier molecular flexibility index (Phi) is 30.3. The van der Waals surface area contributed by atoms with Crippen LogP contribution in [-0.2, 0) is 10.4 Å². The molecule has 0 aliphatic rings. The Balaban J connectivity index is -0.000000639. The second-order valence-corrected chi connectivity index (χ2v) is 6.78. The van der Waals surface area contributed by atoms with E-state index in [1.165, 1.54) is 83.5 Å². The van der Waals surface area contributed by atoms with Crippen LogP contribution in [0.3, 0.4) is 0 Å². The Morgan fingerprint density at radius 3 is 1.46 bits per heavy atom. The van der Waals surface area contributed by atoms with Gasteiger partial charge in [0.15, 0.2) is 0 Å². The van der Waals surface area contributed by atoms with Gasteiger partial charge in [-0.25, -0.2) is 0 Å². The van der Waals surface area contributed by atoms with Crippen LogP contribution in [0.4, 0.5) is 0 Å². The van der Waals surface area contributed by atoms with Gasteiger partial charge in [0, 0.05) is 0 Å². The summed E-state index contributed by atoms with van der Waals surface area (Å²) in [5.74, 6) is 0. The molecular weight excluding hydrogens is 351 g/mol. The Hall–Kier alpha value is 1.25. The van der Waals surface area contributed by atoms with Crippen molar-refractivity contribution >= 4 is 10.4 Å². The predicted molar refractivity (Wildman–Crippen MR) is 99.0 cm³/mol. The van der Waals surface area contributed by atoms with E-state index < -0.39 is 10.4 Å². The van der Waals surface area contributed by atoms with Gasteiger partial charge >= 0.3 is 61.8 Å². The normalized spacial score (nSPS) is 11.0. The van der Waals surface area contributed by atoms with Crippen molar-refractivity contribution in [2.45, 2.75) is 96.8 Å². The van der Waals surface area contributed by atoms with Gasteiger partial charge in [-0.1, -0.05) is 76.9 Å². The average molecular weight is 389 g/mol. The molecule has 0 aromatic rings. The molecule has 4 nitrogen and oxygen atoms in total. The van der Waals surface area contributed by atoms with Gasteiger partial charge in [0.1, 0.15) is 0 Å².